The van der Waals surface area contributed by atoms with Gasteiger partial charge in [0, 0.05) is 0 Å². The molecule has 1 aromatic carbocycles. The predicted molar refractivity (Wildman–Crippen MR) is 78.6 cm³/mol. The molecule has 0 spiro atoms. The van der Waals surface area contributed by atoms with Crippen LogP contribution >= 0.6 is 0 Å². The van der Waals surface area contributed by atoms with Crippen LogP contribution in [0.2, 0.25) is 0 Å². The number of anilines is 2. The van der Waals surface area contributed by atoms with E-state index in [0.717, 1.165) is 5.75 Å². The van der Waals surface area contributed by atoms with Crippen LogP contribution in [0.4, 0.5) is 11.5 Å². The van der Waals surface area contributed by atoms with Crippen molar-refractivity contribution in [3.05, 3.63) is 48.2 Å². The summed E-state index contributed by atoms with van der Waals surface area (Å²) in [6.45, 7) is 2.13. The number of carbonyl (C=O) groups is 1. The summed E-state index contributed by atoms with van der Waals surface area (Å²) in [4.78, 5) is 15.9. The van der Waals surface area contributed by atoms with Gasteiger partial charge in [-0.05, 0) is 31.2 Å². The first kappa shape index (κ1) is 13.9. The van der Waals surface area contributed by atoms with Crippen LogP contribution in [0.25, 0.3) is 0 Å². The van der Waals surface area contributed by atoms with Gasteiger partial charge in [0.15, 0.2) is 0 Å². The number of nitrogen functional groups attached to an aromatic ring is 1. The number of ether oxygens (including phenoxy) is 1. The van der Waals surface area contributed by atoms with Gasteiger partial charge in [0.1, 0.15) is 11.6 Å². The van der Waals surface area contributed by atoms with Gasteiger partial charge < -0.3 is 15.8 Å². The number of nitrogens with zero attached hydrogens (tertiary/aromatic N) is 1. The van der Waals surface area contributed by atoms with Crippen LogP contribution in [0.3, 0.4) is 0 Å². The lowest BCUT2D eigenvalue weighted by molar-refractivity contribution is -0.116. The molecule has 0 saturated carbocycles. The highest BCUT2D eigenvalue weighted by atomic mass is 16.5. The minimum atomic E-state index is -0.115. The molecular formula is C15H17N3O2. The van der Waals surface area contributed by atoms with Crippen molar-refractivity contribution in [2.45, 2.75) is 13.3 Å². The smallest absolute Gasteiger partial charge is 0.227 e. The second-order valence-corrected chi connectivity index (χ2v) is 4.33. The summed E-state index contributed by atoms with van der Waals surface area (Å²) in [6.07, 6.45) is 0.276. The molecule has 1 heterocycles. The highest BCUT2D eigenvalue weighted by molar-refractivity contribution is 5.91. The van der Waals surface area contributed by atoms with Gasteiger partial charge in [0.05, 0.1) is 24.4 Å². The molecule has 2 rings (SSSR count). The number of pyridine rings is 1. The SMILES string of the molecule is Cc1nc(N)ccc1NC(=O)CCOc1ccccc1. The highest BCUT2D eigenvalue weighted by Crippen LogP contribution is 2.14. The third-order valence-electron chi connectivity index (χ3n) is 2.72. The first-order chi connectivity index (χ1) is 9.65. The fourth-order valence-corrected chi connectivity index (χ4v) is 1.70. The maximum absolute atomic E-state index is 11.8. The normalized spacial score (nSPS) is 10.1. The maximum Gasteiger partial charge on any atom is 0.227 e. The minimum absolute atomic E-state index is 0.115. The number of hydrogen-bond donors (Lipinski definition) is 2. The second-order valence-electron chi connectivity index (χ2n) is 4.33. The van der Waals surface area contributed by atoms with Crippen molar-refractivity contribution in [3.63, 3.8) is 0 Å². The van der Waals surface area contributed by atoms with Crippen molar-refractivity contribution in [1.29, 1.82) is 0 Å². The van der Waals surface area contributed by atoms with Gasteiger partial charge in [-0.25, -0.2) is 4.98 Å². The van der Waals surface area contributed by atoms with Crippen LogP contribution in [0.5, 0.6) is 5.75 Å². The van der Waals surface area contributed by atoms with Gasteiger partial charge in [-0.1, -0.05) is 18.2 Å². The molecule has 0 fully saturated rings. The Labute approximate surface area is 117 Å². The number of para-hydroxylation sites is 1. The Morgan fingerprint density at radius 3 is 2.70 bits per heavy atom. The van der Waals surface area contributed by atoms with Gasteiger partial charge in [-0.3, -0.25) is 4.79 Å². The van der Waals surface area contributed by atoms with E-state index in [9.17, 15) is 4.79 Å². The van der Waals surface area contributed by atoms with Gasteiger partial charge in [0.2, 0.25) is 5.91 Å². The number of carbonyl (C=O) groups excluding carboxylic acids is 1. The Hall–Kier alpha value is -2.56. The fraction of sp³-hybridized carbons (Fsp3) is 0.200. The quantitative estimate of drug-likeness (QED) is 0.875. The summed E-state index contributed by atoms with van der Waals surface area (Å²) in [7, 11) is 0. The number of hydrogen-bond acceptors (Lipinski definition) is 4. The van der Waals surface area contributed by atoms with E-state index in [1.165, 1.54) is 0 Å². The number of benzene rings is 1. The van der Waals surface area contributed by atoms with Crippen molar-refractivity contribution >= 4 is 17.4 Å². The Balaban J connectivity index is 1.81. The Kier molecular flexibility index (Phi) is 4.55. The van der Waals surface area contributed by atoms with E-state index < -0.39 is 0 Å². The molecule has 104 valence electrons. The number of nitrogens with one attached hydrogen (secondary N) is 1. The summed E-state index contributed by atoms with van der Waals surface area (Å²) in [5, 5.41) is 2.79. The average Bonchev–Trinajstić information content (AvgIpc) is 2.43. The van der Waals surface area contributed by atoms with Crippen LogP contribution in [0, 0.1) is 6.92 Å². The second kappa shape index (κ2) is 6.56. The monoisotopic (exact) mass is 271 g/mol. The van der Waals surface area contributed by atoms with E-state index in [0.29, 0.717) is 23.8 Å². The summed E-state index contributed by atoms with van der Waals surface area (Å²) in [5.74, 6) is 1.08. The molecule has 5 heteroatoms. The number of nitrogens with two attached hydrogens (primary N) is 1. The largest absolute Gasteiger partial charge is 0.493 e. The Bertz CT molecular complexity index is 585. The molecule has 20 heavy (non-hydrogen) atoms. The molecule has 0 atom stereocenters. The number of aryl methyl sites for hydroxylation is 1. The van der Waals surface area contributed by atoms with E-state index in [1.807, 2.05) is 30.3 Å². The van der Waals surface area contributed by atoms with Crippen LogP contribution in [0.15, 0.2) is 42.5 Å². The lowest BCUT2D eigenvalue weighted by atomic mass is 10.3. The molecular weight excluding hydrogens is 254 g/mol. The van der Waals surface area contributed by atoms with Gasteiger partial charge >= 0.3 is 0 Å². The molecule has 2 aromatic rings. The van der Waals surface area contributed by atoms with Gasteiger partial charge in [0.25, 0.3) is 0 Å². The molecule has 0 aliphatic heterocycles. The molecule has 5 nitrogen and oxygen atoms in total. The maximum atomic E-state index is 11.8. The summed E-state index contributed by atoms with van der Waals surface area (Å²) in [5.41, 5.74) is 6.93. The topological polar surface area (TPSA) is 77.2 Å². The van der Waals surface area contributed by atoms with E-state index in [1.54, 1.807) is 19.1 Å². The zero-order chi connectivity index (χ0) is 14.4. The lowest BCUT2D eigenvalue weighted by Crippen LogP contribution is -2.16. The number of amides is 1. The van der Waals surface area contributed by atoms with Crippen molar-refractivity contribution < 1.29 is 9.53 Å². The average molecular weight is 271 g/mol. The van der Waals surface area contributed by atoms with E-state index >= 15 is 0 Å². The first-order valence-electron chi connectivity index (χ1n) is 6.36. The lowest BCUT2D eigenvalue weighted by Gasteiger charge is -2.09. The Morgan fingerprint density at radius 2 is 2.00 bits per heavy atom. The standard InChI is InChI=1S/C15H17N3O2/c1-11-13(7-8-14(16)17-11)18-15(19)9-10-20-12-5-3-2-4-6-12/h2-8H,9-10H2,1H3,(H2,16,17)(H,18,19). The fourth-order valence-electron chi connectivity index (χ4n) is 1.70. The third kappa shape index (κ3) is 3.98. The molecule has 0 bridgehead atoms. The molecule has 0 aliphatic rings. The van der Waals surface area contributed by atoms with E-state index in [2.05, 4.69) is 10.3 Å². The predicted octanol–water partition coefficient (Wildman–Crippen LogP) is 2.38. The summed E-state index contributed by atoms with van der Waals surface area (Å²) < 4.78 is 5.47. The zero-order valence-electron chi connectivity index (χ0n) is 11.3. The van der Waals surface area contributed by atoms with E-state index in [4.69, 9.17) is 10.5 Å². The highest BCUT2D eigenvalue weighted by Gasteiger charge is 2.06. The molecule has 3 N–H and O–H groups in total. The zero-order valence-corrected chi connectivity index (χ0v) is 11.3. The van der Waals surface area contributed by atoms with Crippen molar-refractivity contribution in [2.24, 2.45) is 0 Å². The van der Waals surface area contributed by atoms with Crippen LogP contribution in [-0.2, 0) is 4.79 Å². The molecule has 0 aliphatic carbocycles. The van der Waals surface area contributed by atoms with Gasteiger partial charge in [-0.15, -0.1) is 0 Å². The van der Waals surface area contributed by atoms with Crippen LogP contribution < -0.4 is 15.8 Å². The minimum Gasteiger partial charge on any atom is -0.493 e. The Morgan fingerprint density at radius 1 is 1.25 bits per heavy atom. The van der Waals surface area contributed by atoms with Crippen molar-refractivity contribution in [3.8, 4) is 5.75 Å². The summed E-state index contributed by atoms with van der Waals surface area (Å²) in [6, 6.07) is 12.8. The van der Waals surface area contributed by atoms with Crippen molar-refractivity contribution in [1.82, 2.24) is 4.98 Å². The van der Waals surface area contributed by atoms with E-state index in [-0.39, 0.29) is 12.3 Å². The van der Waals surface area contributed by atoms with Crippen molar-refractivity contribution in [2.75, 3.05) is 17.7 Å². The number of rotatable bonds is 5. The number of aromatic nitrogens is 1. The van der Waals surface area contributed by atoms with Gasteiger partial charge in [-0.2, -0.15) is 0 Å². The molecule has 1 amide bonds. The van der Waals surface area contributed by atoms with Crippen LogP contribution in [0.1, 0.15) is 12.1 Å². The summed E-state index contributed by atoms with van der Waals surface area (Å²) >= 11 is 0. The molecule has 0 radical (unpaired) electrons. The van der Waals surface area contributed by atoms with Crippen LogP contribution in [-0.4, -0.2) is 17.5 Å². The molecule has 1 aromatic heterocycles. The molecule has 0 saturated heterocycles. The first-order valence-corrected chi connectivity index (χ1v) is 6.36. The molecule has 0 unspecified atom stereocenters. The third-order valence-corrected chi connectivity index (χ3v) is 2.72.